The Bertz CT molecular complexity index is 1030. The van der Waals surface area contributed by atoms with E-state index in [1.165, 1.54) is 0 Å². The van der Waals surface area contributed by atoms with Gasteiger partial charge < -0.3 is 19.9 Å². The summed E-state index contributed by atoms with van der Waals surface area (Å²) < 4.78 is 5.85. The molecule has 2 amide bonds. The monoisotopic (exact) mass is 451 g/mol. The molecule has 2 aliphatic rings. The summed E-state index contributed by atoms with van der Waals surface area (Å²) in [5.41, 5.74) is 1.21. The maximum Gasteiger partial charge on any atom is 0.254 e. The first-order valence-electron chi connectivity index (χ1n) is 11.7. The molecule has 0 radical (unpaired) electrons. The second kappa shape index (κ2) is 9.77. The molecule has 8 heteroatoms. The number of anilines is 1. The average Bonchev–Trinajstić information content (AvgIpc) is 3.23. The summed E-state index contributed by atoms with van der Waals surface area (Å²) in [4.78, 5) is 38.2. The van der Waals surface area contributed by atoms with Gasteiger partial charge in [-0.25, -0.2) is 9.97 Å². The molecule has 1 N–H and O–H groups in total. The maximum atomic E-state index is 13.4. The van der Waals surface area contributed by atoms with Gasteiger partial charge in [0, 0.05) is 55.8 Å². The highest BCUT2D eigenvalue weighted by Crippen LogP contribution is 2.33. The molecule has 4 rings (SSSR count). The molecule has 2 aromatic rings. The molecule has 0 saturated carbocycles. The van der Waals surface area contributed by atoms with Crippen LogP contribution in [0.4, 0.5) is 5.82 Å². The van der Waals surface area contributed by atoms with Crippen LogP contribution in [0.3, 0.4) is 0 Å². The van der Waals surface area contributed by atoms with Gasteiger partial charge in [0.1, 0.15) is 24.0 Å². The molecule has 2 fully saturated rings. The molecule has 1 aromatic heterocycles. The number of likely N-dealkylation sites (tertiary alicyclic amines) is 2. The highest BCUT2D eigenvalue weighted by Gasteiger charge is 2.37. The lowest BCUT2D eigenvalue weighted by Gasteiger charge is -2.39. The molecule has 33 heavy (non-hydrogen) atoms. The standard InChI is InChI=1S/C25H33N5O3/c1-18-15-21(26-3)28-24(27-18)25(2)10-6-12-30(17-25)23(32)19-7-4-8-20(16-19)33-14-13-29-11-5-9-22(29)31/h4,7-8,15-16H,5-6,9-14,17H2,1-3H3,(H,26,27,28)/t25-/m1/s1. The second-order valence-corrected chi connectivity index (χ2v) is 9.22. The zero-order chi connectivity index (χ0) is 23.4. The Hall–Kier alpha value is -3.16. The molecule has 0 spiro atoms. The van der Waals surface area contributed by atoms with Crippen LogP contribution in [0.5, 0.6) is 5.75 Å². The lowest BCUT2D eigenvalue weighted by atomic mass is 9.80. The molecule has 0 unspecified atom stereocenters. The summed E-state index contributed by atoms with van der Waals surface area (Å²) >= 11 is 0. The molecule has 8 nitrogen and oxygen atoms in total. The van der Waals surface area contributed by atoms with Crippen molar-refractivity contribution in [1.82, 2.24) is 19.8 Å². The van der Waals surface area contributed by atoms with E-state index in [4.69, 9.17) is 14.7 Å². The molecule has 1 atom stereocenters. The van der Waals surface area contributed by atoms with E-state index in [2.05, 4.69) is 12.2 Å². The molecule has 1 aromatic carbocycles. The van der Waals surface area contributed by atoms with Crippen LogP contribution >= 0.6 is 0 Å². The number of carbonyl (C=O) groups is 2. The van der Waals surface area contributed by atoms with Gasteiger partial charge in [0.15, 0.2) is 0 Å². The third kappa shape index (κ3) is 5.26. The lowest BCUT2D eigenvalue weighted by Crippen LogP contribution is -2.48. The third-order valence-electron chi connectivity index (χ3n) is 6.52. The van der Waals surface area contributed by atoms with E-state index in [1.807, 2.05) is 48.0 Å². The second-order valence-electron chi connectivity index (χ2n) is 9.22. The van der Waals surface area contributed by atoms with Crippen molar-refractivity contribution < 1.29 is 14.3 Å². The Morgan fingerprint density at radius 2 is 2.06 bits per heavy atom. The van der Waals surface area contributed by atoms with Gasteiger partial charge in [0.05, 0.1) is 6.54 Å². The van der Waals surface area contributed by atoms with Gasteiger partial charge in [-0.1, -0.05) is 13.0 Å². The summed E-state index contributed by atoms with van der Waals surface area (Å²) in [5, 5.41) is 3.10. The summed E-state index contributed by atoms with van der Waals surface area (Å²) in [6.45, 7) is 7.18. The van der Waals surface area contributed by atoms with Crippen molar-refractivity contribution in [2.24, 2.45) is 0 Å². The minimum absolute atomic E-state index is 0.0115. The van der Waals surface area contributed by atoms with Gasteiger partial charge in [-0.15, -0.1) is 0 Å². The van der Waals surface area contributed by atoms with Crippen molar-refractivity contribution in [3.63, 3.8) is 0 Å². The average molecular weight is 452 g/mol. The van der Waals surface area contributed by atoms with Gasteiger partial charge >= 0.3 is 0 Å². The Morgan fingerprint density at radius 3 is 2.82 bits per heavy atom. The van der Waals surface area contributed by atoms with E-state index >= 15 is 0 Å². The number of hydrogen-bond acceptors (Lipinski definition) is 6. The fourth-order valence-corrected chi connectivity index (χ4v) is 4.68. The van der Waals surface area contributed by atoms with Gasteiger partial charge in [-0.2, -0.15) is 0 Å². The maximum absolute atomic E-state index is 13.4. The number of ether oxygens (including phenoxy) is 1. The number of carbonyl (C=O) groups excluding carboxylic acids is 2. The molecule has 0 bridgehead atoms. The normalized spacial score (nSPS) is 20.8. The largest absolute Gasteiger partial charge is 0.492 e. The van der Waals surface area contributed by atoms with E-state index in [-0.39, 0.29) is 17.2 Å². The Kier molecular flexibility index (Phi) is 6.81. The van der Waals surface area contributed by atoms with Crippen molar-refractivity contribution in [2.45, 2.75) is 44.9 Å². The molecule has 2 saturated heterocycles. The molecule has 0 aliphatic carbocycles. The van der Waals surface area contributed by atoms with Crippen LogP contribution in [0.25, 0.3) is 0 Å². The van der Waals surface area contributed by atoms with E-state index in [1.54, 1.807) is 6.07 Å². The Balaban J connectivity index is 1.42. The van der Waals surface area contributed by atoms with Crippen LogP contribution in [0.2, 0.25) is 0 Å². The SMILES string of the molecule is CNc1cc(C)nc([C@]2(C)CCCN(C(=O)c3cccc(OCCN4CCCC4=O)c3)C2)n1. The Morgan fingerprint density at radius 1 is 1.21 bits per heavy atom. The predicted octanol–water partition coefficient (Wildman–Crippen LogP) is 3.02. The predicted molar refractivity (Wildman–Crippen MR) is 127 cm³/mol. The van der Waals surface area contributed by atoms with E-state index in [0.717, 1.165) is 43.1 Å². The molecular formula is C25H33N5O3. The van der Waals surface area contributed by atoms with Crippen LogP contribution in [0.15, 0.2) is 30.3 Å². The number of aromatic nitrogens is 2. The van der Waals surface area contributed by atoms with Crippen LogP contribution < -0.4 is 10.1 Å². The first-order valence-corrected chi connectivity index (χ1v) is 11.7. The van der Waals surface area contributed by atoms with E-state index < -0.39 is 0 Å². The van der Waals surface area contributed by atoms with Crippen molar-refractivity contribution >= 4 is 17.6 Å². The summed E-state index contributed by atoms with van der Waals surface area (Å²) in [5.74, 6) is 2.39. The topological polar surface area (TPSA) is 87.7 Å². The fourth-order valence-electron chi connectivity index (χ4n) is 4.68. The Labute approximate surface area is 195 Å². The third-order valence-corrected chi connectivity index (χ3v) is 6.52. The quantitative estimate of drug-likeness (QED) is 0.696. The van der Waals surface area contributed by atoms with Gasteiger partial charge in [0.2, 0.25) is 5.91 Å². The molecular weight excluding hydrogens is 418 g/mol. The first kappa shape index (κ1) is 23.0. The number of nitrogens with zero attached hydrogens (tertiary/aromatic N) is 4. The zero-order valence-corrected chi connectivity index (χ0v) is 19.8. The number of benzene rings is 1. The molecule has 176 valence electrons. The summed E-state index contributed by atoms with van der Waals surface area (Å²) in [6, 6.07) is 9.23. The number of nitrogens with one attached hydrogen (secondary N) is 1. The van der Waals surface area contributed by atoms with Crippen LogP contribution in [-0.4, -0.2) is 71.4 Å². The summed E-state index contributed by atoms with van der Waals surface area (Å²) in [6.07, 6.45) is 3.38. The number of amides is 2. The van der Waals surface area contributed by atoms with Crippen molar-refractivity contribution in [3.8, 4) is 5.75 Å². The number of rotatable bonds is 7. The fraction of sp³-hybridized carbons (Fsp3) is 0.520. The van der Waals surface area contributed by atoms with Gasteiger partial charge in [0.25, 0.3) is 5.91 Å². The zero-order valence-electron chi connectivity index (χ0n) is 19.8. The smallest absolute Gasteiger partial charge is 0.254 e. The van der Waals surface area contributed by atoms with Crippen molar-refractivity contribution in [1.29, 1.82) is 0 Å². The first-order chi connectivity index (χ1) is 15.9. The summed E-state index contributed by atoms with van der Waals surface area (Å²) in [7, 11) is 1.85. The highest BCUT2D eigenvalue weighted by molar-refractivity contribution is 5.94. The van der Waals surface area contributed by atoms with E-state index in [0.29, 0.717) is 44.0 Å². The van der Waals surface area contributed by atoms with Crippen LogP contribution in [-0.2, 0) is 10.2 Å². The number of piperidine rings is 1. The lowest BCUT2D eigenvalue weighted by molar-refractivity contribution is -0.128. The minimum atomic E-state index is -0.304. The minimum Gasteiger partial charge on any atom is -0.492 e. The van der Waals surface area contributed by atoms with Crippen molar-refractivity contribution in [3.05, 3.63) is 47.4 Å². The highest BCUT2D eigenvalue weighted by atomic mass is 16.5. The van der Waals surface area contributed by atoms with Crippen LogP contribution in [0, 0.1) is 6.92 Å². The molecule has 2 aliphatic heterocycles. The van der Waals surface area contributed by atoms with Crippen molar-refractivity contribution in [2.75, 3.05) is 45.2 Å². The molecule has 3 heterocycles. The number of aryl methyl sites for hydroxylation is 1. The van der Waals surface area contributed by atoms with Gasteiger partial charge in [-0.05, 0) is 44.4 Å². The number of hydrogen-bond donors (Lipinski definition) is 1. The van der Waals surface area contributed by atoms with Gasteiger partial charge in [-0.3, -0.25) is 9.59 Å². The van der Waals surface area contributed by atoms with E-state index in [9.17, 15) is 9.59 Å². The van der Waals surface area contributed by atoms with Crippen LogP contribution in [0.1, 0.15) is 54.5 Å².